The molecule has 7 heteroatoms. The molecule has 0 aromatic heterocycles. The fraction of sp³-hybridized carbons (Fsp3) is 0.667. The van der Waals surface area contributed by atoms with E-state index in [9.17, 15) is 9.59 Å². The fourth-order valence-electron chi connectivity index (χ4n) is 2.25. The maximum atomic E-state index is 11.8. The van der Waals surface area contributed by atoms with Crippen LogP contribution in [0.3, 0.4) is 0 Å². The SMILES string of the molecule is O=C(CNC(=O)C1CC(Cl)=C(Cl)S1)NC1CCCC1. The summed E-state index contributed by atoms with van der Waals surface area (Å²) >= 11 is 12.9. The van der Waals surface area contributed by atoms with Crippen molar-refractivity contribution in [1.82, 2.24) is 10.6 Å². The molecule has 2 N–H and O–H groups in total. The summed E-state index contributed by atoms with van der Waals surface area (Å²) in [7, 11) is 0. The Balaban J connectivity index is 1.67. The lowest BCUT2D eigenvalue weighted by Crippen LogP contribution is -2.43. The second-order valence-corrected chi connectivity index (χ2v) is 7.03. The van der Waals surface area contributed by atoms with Crippen molar-refractivity contribution in [1.29, 1.82) is 0 Å². The number of amides is 2. The van der Waals surface area contributed by atoms with E-state index >= 15 is 0 Å². The minimum Gasteiger partial charge on any atom is -0.352 e. The summed E-state index contributed by atoms with van der Waals surface area (Å²) in [4.78, 5) is 23.5. The molecule has 19 heavy (non-hydrogen) atoms. The van der Waals surface area contributed by atoms with E-state index in [0.717, 1.165) is 12.8 Å². The lowest BCUT2D eigenvalue weighted by molar-refractivity contribution is -0.126. The van der Waals surface area contributed by atoms with Gasteiger partial charge >= 0.3 is 0 Å². The summed E-state index contributed by atoms with van der Waals surface area (Å²) in [5, 5.41) is 5.74. The second kappa shape index (κ2) is 6.86. The third-order valence-corrected chi connectivity index (χ3v) is 5.43. The molecule has 2 aliphatic rings. The van der Waals surface area contributed by atoms with Gasteiger partial charge in [0.2, 0.25) is 11.8 Å². The Morgan fingerprint density at radius 2 is 1.95 bits per heavy atom. The van der Waals surface area contributed by atoms with Crippen LogP contribution in [0.2, 0.25) is 0 Å². The van der Waals surface area contributed by atoms with Gasteiger partial charge in [-0.1, -0.05) is 47.8 Å². The number of hydrogen-bond donors (Lipinski definition) is 2. The average Bonchev–Trinajstić information content (AvgIpc) is 2.98. The van der Waals surface area contributed by atoms with Gasteiger partial charge in [0, 0.05) is 17.5 Å². The van der Waals surface area contributed by atoms with Crippen molar-refractivity contribution in [3.05, 3.63) is 9.40 Å². The number of allylic oxidation sites excluding steroid dienone is 1. The molecule has 0 bridgehead atoms. The van der Waals surface area contributed by atoms with Gasteiger partial charge in [-0.15, -0.1) is 0 Å². The third kappa shape index (κ3) is 4.29. The lowest BCUT2D eigenvalue weighted by Gasteiger charge is -2.13. The predicted octanol–water partition coefficient (Wildman–Crippen LogP) is 2.31. The Hall–Kier alpha value is -0.390. The van der Waals surface area contributed by atoms with E-state index in [1.165, 1.54) is 24.6 Å². The summed E-state index contributed by atoms with van der Waals surface area (Å²) in [6.45, 7) is 0.0155. The summed E-state index contributed by atoms with van der Waals surface area (Å²) in [5.74, 6) is -0.325. The molecule has 0 aromatic rings. The topological polar surface area (TPSA) is 58.2 Å². The first-order valence-electron chi connectivity index (χ1n) is 6.34. The van der Waals surface area contributed by atoms with Crippen molar-refractivity contribution < 1.29 is 9.59 Å². The number of carbonyl (C=O) groups excluding carboxylic acids is 2. The Morgan fingerprint density at radius 3 is 2.53 bits per heavy atom. The quantitative estimate of drug-likeness (QED) is 0.835. The standard InChI is InChI=1S/C12H16Cl2N2O2S/c13-8-5-9(19-11(8)14)12(18)15-6-10(17)16-7-3-1-2-4-7/h7,9H,1-6H2,(H,15,18)(H,16,17). The highest BCUT2D eigenvalue weighted by Crippen LogP contribution is 2.41. The number of thioether (sulfide) groups is 1. The van der Waals surface area contributed by atoms with Crippen molar-refractivity contribution in [3.63, 3.8) is 0 Å². The fourth-order valence-corrected chi connectivity index (χ4v) is 3.93. The van der Waals surface area contributed by atoms with E-state index in [4.69, 9.17) is 23.2 Å². The molecule has 1 saturated carbocycles. The second-order valence-electron chi connectivity index (χ2n) is 4.76. The number of rotatable bonds is 4. The van der Waals surface area contributed by atoms with Gasteiger partial charge in [0.1, 0.15) is 0 Å². The van der Waals surface area contributed by atoms with E-state index in [-0.39, 0.29) is 29.7 Å². The van der Waals surface area contributed by atoms with Crippen LogP contribution in [0.15, 0.2) is 9.40 Å². The third-order valence-electron chi connectivity index (χ3n) is 3.26. The smallest absolute Gasteiger partial charge is 0.239 e. The largest absolute Gasteiger partial charge is 0.352 e. The molecule has 1 atom stereocenters. The molecule has 1 aliphatic carbocycles. The van der Waals surface area contributed by atoms with Gasteiger partial charge in [0.15, 0.2) is 0 Å². The van der Waals surface area contributed by atoms with Gasteiger partial charge < -0.3 is 10.6 Å². The maximum Gasteiger partial charge on any atom is 0.239 e. The van der Waals surface area contributed by atoms with Crippen LogP contribution in [0, 0.1) is 0 Å². The normalized spacial score (nSPS) is 23.8. The molecular formula is C12H16Cl2N2O2S. The zero-order valence-electron chi connectivity index (χ0n) is 10.4. The van der Waals surface area contributed by atoms with E-state index < -0.39 is 0 Å². The van der Waals surface area contributed by atoms with Crippen molar-refractivity contribution in [2.45, 2.75) is 43.4 Å². The average molecular weight is 323 g/mol. The van der Waals surface area contributed by atoms with Gasteiger partial charge in [-0.2, -0.15) is 0 Å². The molecular weight excluding hydrogens is 307 g/mol. The monoisotopic (exact) mass is 322 g/mol. The predicted molar refractivity (Wildman–Crippen MR) is 78.1 cm³/mol. The molecule has 1 aliphatic heterocycles. The van der Waals surface area contributed by atoms with E-state index in [1.807, 2.05) is 0 Å². The molecule has 1 fully saturated rings. The molecule has 1 heterocycles. The van der Waals surface area contributed by atoms with Crippen molar-refractivity contribution in [2.24, 2.45) is 0 Å². The van der Waals surface area contributed by atoms with Gasteiger partial charge in [0.25, 0.3) is 0 Å². The Morgan fingerprint density at radius 1 is 1.26 bits per heavy atom. The Bertz CT molecular complexity index is 395. The van der Waals surface area contributed by atoms with Gasteiger partial charge in [-0.3, -0.25) is 9.59 Å². The highest BCUT2D eigenvalue weighted by Gasteiger charge is 2.29. The highest BCUT2D eigenvalue weighted by molar-refractivity contribution is 8.06. The Labute approximate surface area is 126 Å². The molecule has 0 aromatic carbocycles. The van der Waals surface area contributed by atoms with Crippen LogP contribution in [0.25, 0.3) is 0 Å². The number of halogens is 2. The number of carbonyl (C=O) groups is 2. The van der Waals surface area contributed by atoms with Gasteiger partial charge in [-0.25, -0.2) is 0 Å². The summed E-state index contributed by atoms with van der Waals surface area (Å²) < 4.78 is 0.470. The van der Waals surface area contributed by atoms with E-state index in [1.54, 1.807) is 0 Å². The van der Waals surface area contributed by atoms with Crippen molar-refractivity contribution in [2.75, 3.05) is 6.54 Å². The minimum absolute atomic E-state index is 0.0155. The van der Waals surface area contributed by atoms with Crippen LogP contribution < -0.4 is 10.6 Å². The van der Waals surface area contributed by atoms with Crippen LogP contribution in [-0.4, -0.2) is 29.7 Å². The summed E-state index contributed by atoms with van der Waals surface area (Å²) in [5.41, 5.74) is 0. The maximum absolute atomic E-state index is 11.8. The lowest BCUT2D eigenvalue weighted by atomic mass is 10.2. The molecule has 0 radical (unpaired) electrons. The van der Waals surface area contributed by atoms with Crippen LogP contribution in [0.5, 0.6) is 0 Å². The highest BCUT2D eigenvalue weighted by atomic mass is 35.5. The molecule has 0 saturated heterocycles. The molecule has 0 spiro atoms. The summed E-state index contributed by atoms with van der Waals surface area (Å²) in [6.07, 6.45) is 4.83. The molecule has 2 rings (SSSR count). The molecule has 4 nitrogen and oxygen atoms in total. The Kier molecular flexibility index (Phi) is 5.42. The number of nitrogens with one attached hydrogen (secondary N) is 2. The number of hydrogen-bond acceptors (Lipinski definition) is 3. The van der Waals surface area contributed by atoms with Gasteiger partial charge in [-0.05, 0) is 12.8 Å². The molecule has 1 unspecified atom stereocenters. The minimum atomic E-state index is -0.320. The van der Waals surface area contributed by atoms with Gasteiger partial charge in [0.05, 0.1) is 16.2 Å². The van der Waals surface area contributed by atoms with Crippen LogP contribution in [0.4, 0.5) is 0 Å². The van der Waals surface area contributed by atoms with Crippen LogP contribution in [0.1, 0.15) is 32.1 Å². The van der Waals surface area contributed by atoms with Crippen molar-refractivity contribution in [3.8, 4) is 0 Å². The van der Waals surface area contributed by atoms with E-state index in [2.05, 4.69) is 10.6 Å². The van der Waals surface area contributed by atoms with Crippen LogP contribution >= 0.6 is 35.0 Å². The van der Waals surface area contributed by atoms with Crippen LogP contribution in [-0.2, 0) is 9.59 Å². The first kappa shape index (κ1) is 15.0. The zero-order chi connectivity index (χ0) is 13.8. The molecule has 106 valence electrons. The molecule has 2 amide bonds. The first-order valence-corrected chi connectivity index (χ1v) is 7.97. The van der Waals surface area contributed by atoms with Crippen molar-refractivity contribution >= 4 is 46.8 Å². The van der Waals surface area contributed by atoms with E-state index in [0.29, 0.717) is 15.8 Å². The first-order chi connectivity index (χ1) is 9.06. The zero-order valence-corrected chi connectivity index (χ0v) is 12.7. The summed E-state index contributed by atoms with van der Waals surface area (Å²) in [6, 6.07) is 0.274.